The van der Waals surface area contributed by atoms with Crippen LogP contribution in [0.15, 0.2) is 42.5 Å². The molecule has 0 aliphatic carbocycles. The number of ether oxygens (including phenoxy) is 3. The molecule has 3 aliphatic heterocycles. The third-order valence-electron chi connectivity index (χ3n) is 7.27. The van der Waals surface area contributed by atoms with Crippen LogP contribution >= 0.6 is 0 Å². The van der Waals surface area contributed by atoms with Gasteiger partial charge in [-0.1, -0.05) is 50.4 Å². The first-order valence-electron chi connectivity index (χ1n) is 13.3. The van der Waals surface area contributed by atoms with E-state index in [-0.39, 0.29) is 16.4 Å². The minimum Gasteiger partial charge on any atom is -0.323 e. The Bertz CT molecular complexity index is 1550. The first-order valence-corrected chi connectivity index (χ1v) is 13.3. The van der Waals surface area contributed by atoms with E-state index < -0.39 is 40.6 Å². The summed E-state index contributed by atoms with van der Waals surface area (Å²) < 4.78 is 99.0. The van der Waals surface area contributed by atoms with Gasteiger partial charge < -0.3 is 14.2 Å². The molecule has 0 spiro atoms. The highest BCUT2D eigenvalue weighted by Crippen LogP contribution is 2.46. The molecule has 3 aromatic carbocycles. The Morgan fingerprint density at radius 3 is 2.07 bits per heavy atom. The molecule has 214 valence electrons. The van der Waals surface area contributed by atoms with Crippen molar-refractivity contribution in [2.75, 3.05) is 19.8 Å². The molecule has 0 atom stereocenters. The van der Waals surface area contributed by atoms with Gasteiger partial charge in [0.25, 0.3) is 0 Å². The molecule has 9 heteroatoms. The van der Waals surface area contributed by atoms with Gasteiger partial charge in [-0.05, 0) is 54.3 Å². The minimum absolute atomic E-state index is 0.121. The van der Waals surface area contributed by atoms with Gasteiger partial charge >= 0.3 is 12.1 Å². The first-order chi connectivity index (χ1) is 19.5. The monoisotopic (exact) mass is 572 g/mol. The maximum absolute atomic E-state index is 14.8. The molecule has 3 fully saturated rings. The summed E-state index contributed by atoms with van der Waals surface area (Å²) in [6, 6.07) is 9.87. The van der Waals surface area contributed by atoms with Gasteiger partial charge in [-0.2, -0.15) is 13.2 Å². The van der Waals surface area contributed by atoms with E-state index in [0.29, 0.717) is 30.9 Å². The van der Waals surface area contributed by atoms with E-state index in [4.69, 9.17) is 14.2 Å². The number of fused-ring (bicyclic) bond motifs is 4. The molecule has 6 rings (SSSR count). The number of unbranched alkanes of at least 4 members (excludes halogenated alkanes) is 3. The molecule has 0 aromatic heterocycles. The van der Waals surface area contributed by atoms with E-state index in [2.05, 4.69) is 18.8 Å². The first kappa shape index (κ1) is 29.0. The lowest BCUT2D eigenvalue weighted by atomic mass is 9.82. The van der Waals surface area contributed by atoms with E-state index in [1.54, 1.807) is 24.3 Å². The van der Waals surface area contributed by atoms with Gasteiger partial charge in [-0.3, -0.25) is 0 Å². The van der Waals surface area contributed by atoms with Crippen LogP contribution in [0.3, 0.4) is 0 Å². The lowest BCUT2D eigenvalue weighted by Crippen LogP contribution is -2.58. The molecule has 3 nitrogen and oxygen atoms in total. The van der Waals surface area contributed by atoms with Crippen molar-refractivity contribution < 1.29 is 40.6 Å². The fourth-order valence-electron chi connectivity index (χ4n) is 5.02. The second-order valence-corrected chi connectivity index (χ2v) is 10.4. The van der Waals surface area contributed by atoms with Crippen LogP contribution in [-0.4, -0.2) is 26.0 Å². The van der Waals surface area contributed by atoms with E-state index in [0.717, 1.165) is 30.9 Å². The Kier molecular flexibility index (Phi) is 8.07. The van der Waals surface area contributed by atoms with Gasteiger partial charge in [0.2, 0.25) is 0 Å². The zero-order valence-electron chi connectivity index (χ0n) is 22.2. The largest absolute Gasteiger partial charge is 0.458 e. The standard InChI is InChI=1S/C32H26F6O3/c1-2-3-4-5-13-30-18-39-32(40-19-30,41-20-30)24-10-8-21(9-11-24)6-7-22-15-23-17-26(33)25(12-14-31(36,37)38)29(35)28(23)27(34)16-22/h8-11,15-17H,2-5,13,18-20H2,1H3. The molecular formula is C32H26F6O3. The quantitative estimate of drug-likeness (QED) is 0.172. The molecule has 3 heterocycles. The summed E-state index contributed by atoms with van der Waals surface area (Å²) in [4.78, 5) is 0. The predicted octanol–water partition coefficient (Wildman–Crippen LogP) is 7.71. The number of hydrogen-bond donors (Lipinski definition) is 0. The minimum atomic E-state index is -4.96. The summed E-state index contributed by atoms with van der Waals surface area (Å²) in [5, 5.41) is -0.865. The molecule has 3 saturated heterocycles. The van der Waals surface area contributed by atoms with Crippen molar-refractivity contribution in [3.05, 3.63) is 82.2 Å². The summed E-state index contributed by atoms with van der Waals surface area (Å²) in [5.74, 6) is 2.62. The summed E-state index contributed by atoms with van der Waals surface area (Å²) in [7, 11) is 0. The zero-order valence-corrected chi connectivity index (χ0v) is 22.2. The fraction of sp³-hybridized carbons (Fsp3) is 0.375. The van der Waals surface area contributed by atoms with Crippen LogP contribution in [0.1, 0.15) is 61.3 Å². The number of rotatable bonds is 6. The highest BCUT2D eigenvalue weighted by molar-refractivity contribution is 5.87. The molecule has 0 radical (unpaired) electrons. The summed E-state index contributed by atoms with van der Waals surface area (Å²) >= 11 is 0. The van der Waals surface area contributed by atoms with Gasteiger partial charge in [0.15, 0.2) is 5.82 Å². The smallest absolute Gasteiger partial charge is 0.323 e. The molecule has 0 amide bonds. The van der Waals surface area contributed by atoms with Crippen molar-refractivity contribution in [2.24, 2.45) is 5.41 Å². The van der Waals surface area contributed by atoms with E-state index in [1.807, 2.05) is 0 Å². The van der Waals surface area contributed by atoms with Crippen LogP contribution < -0.4 is 0 Å². The molecule has 41 heavy (non-hydrogen) atoms. The normalized spacial score (nSPS) is 21.7. The Hall–Kier alpha value is -3.50. The summed E-state index contributed by atoms with van der Waals surface area (Å²) in [5.41, 5.74) is 0.0834. The third-order valence-corrected chi connectivity index (χ3v) is 7.27. The highest BCUT2D eigenvalue weighted by Gasteiger charge is 2.53. The van der Waals surface area contributed by atoms with Gasteiger partial charge in [0, 0.05) is 28.0 Å². The molecular weight excluding hydrogens is 546 g/mol. The number of alkyl halides is 3. The Labute approximate surface area is 233 Å². The molecule has 3 aromatic rings. The van der Waals surface area contributed by atoms with Crippen molar-refractivity contribution in [1.29, 1.82) is 0 Å². The topological polar surface area (TPSA) is 27.7 Å². The zero-order chi connectivity index (χ0) is 29.3. The molecule has 0 unspecified atom stereocenters. The van der Waals surface area contributed by atoms with Crippen LogP contribution in [0.4, 0.5) is 26.3 Å². The second kappa shape index (κ2) is 11.4. The SMILES string of the molecule is CCCCCCC12COC(c3ccc(C#Cc4cc(F)c5c(F)c(C#CC(F)(F)F)c(F)cc5c4)cc3)(OC1)OC2. The number of halogens is 6. The van der Waals surface area contributed by atoms with Crippen molar-refractivity contribution in [3.63, 3.8) is 0 Å². The molecule has 3 aliphatic rings. The van der Waals surface area contributed by atoms with Crippen molar-refractivity contribution in [1.82, 2.24) is 0 Å². The van der Waals surface area contributed by atoms with Crippen LogP contribution in [0, 0.1) is 46.5 Å². The maximum atomic E-state index is 14.8. The van der Waals surface area contributed by atoms with Crippen LogP contribution in [0.2, 0.25) is 0 Å². The fourth-order valence-corrected chi connectivity index (χ4v) is 5.02. The lowest BCUT2D eigenvalue weighted by molar-refractivity contribution is -0.480. The highest BCUT2D eigenvalue weighted by atomic mass is 19.4. The van der Waals surface area contributed by atoms with Crippen LogP contribution in [-0.2, 0) is 20.2 Å². The Balaban J connectivity index is 1.31. The van der Waals surface area contributed by atoms with E-state index in [1.165, 1.54) is 31.2 Å². The average molecular weight is 573 g/mol. The van der Waals surface area contributed by atoms with Gasteiger partial charge in [-0.25, -0.2) is 13.2 Å². The summed E-state index contributed by atoms with van der Waals surface area (Å²) in [6.07, 6.45) is 0.686. The maximum Gasteiger partial charge on any atom is 0.458 e. The molecule has 0 saturated carbocycles. The molecule has 2 bridgehead atoms. The van der Waals surface area contributed by atoms with Crippen LogP contribution in [0.25, 0.3) is 10.8 Å². The third kappa shape index (κ3) is 6.23. The van der Waals surface area contributed by atoms with Crippen molar-refractivity contribution in [2.45, 2.75) is 51.2 Å². The van der Waals surface area contributed by atoms with Crippen LogP contribution in [0.5, 0.6) is 0 Å². The van der Waals surface area contributed by atoms with Crippen molar-refractivity contribution >= 4 is 10.8 Å². The van der Waals surface area contributed by atoms with Gasteiger partial charge in [0.1, 0.15) is 11.6 Å². The predicted molar refractivity (Wildman–Crippen MR) is 140 cm³/mol. The molecule has 0 N–H and O–H groups in total. The van der Waals surface area contributed by atoms with E-state index in [9.17, 15) is 26.3 Å². The van der Waals surface area contributed by atoms with Gasteiger partial charge in [0.05, 0.1) is 30.8 Å². The Morgan fingerprint density at radius 2 is 1.44 bits per heavy atom. The number of hydrogen-bond acceptors (Lipinski definition) is 3. The second-order valence-electron chi connectivity index (χ2n) is 10.4. The van der Waals surface area contributed by atoms with Gasteiger partial charge in [-0.15, -0.1) is 0 Å². The average Bonchev–Trinajstić information content (AvgIpc) is 2.94. The summed E-state index contributed by atoms with van der Waals surface area (Å²) in [6.45, 7) is 3.82. The van der Waals surface area contributed by atoms with Crippen molar-refractivity contribution in [3.8, 4) is 23.7 Å². The lowest BCUT2D eigenvalue weighted by Gasteiger charge is -2.52. The number of benzene rings is 3. The van der Waals surface area contributed by atoms with E-state index >= 15 is 0 Å². The Morgan fingerprint density at radius 1 is 0.780 bits per heavy atom.